The lowest BCUT2D eigenvalue weighted by atomic mass is 9.51. The SMILES string of the molecule is CC(=O)NC(C)(C)/C=C/n1ccc(C(=O)N[C@H]2C3CC4CC2C[C@](NC(C)=O)(C4)C3)c1C(F)(F)F. The second kappa shape index (κ2) is 8.71. The van der Waals surface area contributed by atoms with Crippen LogP contribution in [0.3, 0.4) is 0 Å². The van der Waals surface area contributed by atoms with Gasteiger partial charge in [0.25, 0.3) is 5.91 Å². The van der Waals surface area contributed by atoms with Crippen LogP contribution in [0.15, 0.2) is 18.3 Å². The number of carbonyl (C=O) groups is 3. The van der Waals surface area contributed by atoms with Crippen molar-refractivity contribution in [3.8, 4) is 0 Å². The molecule has 10 heteroatoms. The quantitative estimate of drug-likeness (QED) is 0.563. The van der Waals surface area contributed by atoms with Gasteiger partial charge >= 0.3 is 6.18 Å². The molecule has 4 fully saturated rings. The normalized spacial score (nSPS) is 29.9. The molecule has 0 spiro atoms. The van der Waals surface area contributed by atoms with Crippen molar-refractivity contribution in [2.45, 2.75) is 83.1 Å². The van der Waals surface area contributed by atoms with E-state index in [4.69, 9.17) is 0 Å². The third-order valence-corrected chi connectivity index (χ3v) is 7.59. The Balaban J connectivity index is 1.55. The standard InChI is InChI=1S/C25H33F3N4O3/c1-14(33)30-23(3,4)6-8-32-7-5-19(21(32)25(26,27)28)22(35)29-20-17-9-16-10-18(20)13-24(11-16,12-17)31-15(2)34/h5-8,16-18,20H,9-13H2,1-4H3,(H,29,35)(H,30,33)(H,31,34)/b8-6+/t16?,17?,18?,20-,24-. The highest BCUT2D eigenvalue weighted by Crippen LogP contribution is 2.55. The molecule has 2 atom stereocenters. The van der Waals surface area contributed by atoms with Crippen LogP contribution in [0.25, 0.3) is 6.20 Å². The van der Waals surface area contributed by atoms with Gasteiger partial charge in [-0.05, 0) is 75.8 Å². The lowest BCUT2D eigenvalue weighted by Gasteiger charge is -2.60. The Morgan fingerprint density at radius 1 is 1.06 bits per heavy atom. The Hall–Kier alpha value is -2.78. The van der Waals surface area contributed by atoms with Crippen molar-refractivity contribution in [3.63, 3.8) is 0 Å². The van der Waals surface area contributed by atoms with E-state index >= 15 is 0 Å². The number of halogens is 3. The molecule has 1 heterocycles. The second-order valence-electron chi connectivity index (χ2n) is 11.1. The zero-order valence-corrected chi connectivity index (χ0v) is 20.5. The maximum atomic E-state index is 14.0. The van der Waals surface area contributed by atoms with Gasteiger partial charge in [0, 0.05) is 37.8 Å². The van der Waals surface area contributed by atoms with Gasteiger partial charge in [0.1, 0.15) is 5.69 Å². The van der Waals surface area contributed by atoms with Gasteiger partial charge in [-0.3, -0.25) is 14.4 Å². The molecular weight excluding hydrogens is 461 g/mol. The summed E-state index contributed by atoms with van der Waals surface area (Å²) in [6.07, 6.45) is 3.35. The van der Waals surface area contributed by atoms with Crippen molar-refractivity contribution >= 4 is 23.9 Å². The molecule has 0 aromatic carbocycles. The summed E-state index contributed by atoms with van der Waals surface area (Å²) < 4.78 is 43.0. The topological polar surface area (TPSA) is 92.2 Å². The van der Waals surface area contributed by atoms with Gasteiger partial charge in [-0.15, -0.1) is 0 Å². The minimum absolute atomic E-state index is 0.0709. The molecule has 0 radical (unpaired) electrons. The van der Waals surface area contributed by atoms with Gasteiger partial charge in [0.2, 0.25) is 11.8 Å². The van der Waals surface area contributed by atoms with Crippen LogP contribution in [0.1, 0.15) is 75.9 Å². The Kier molecular flexibility index (Phi) is 6.30. The zero-order chi connectivity index (χ0) is 25.8. The summed E-state index contributed by atoms with van der Waals surface area (Å²) in [7, 11) is 0. The number of nitrogens with one attached hydrogen (secondary N) is 3. The smallest absolute Gasteiger partial charge is 0.351 e. The average molecular weight is 495 g/mol. The van der Waals surface area contributed by atoms with E-state index in [0.717, 1.165) is 36.7 Å². The maximum Gasteiger partial charge on any atom is 0.432 e. The first-order valence-corrected chi connectivity index (χ1v) is 12.0. The van der Waals surface area contributed by atoms with Crippen LogP contribution >= 0.6 is 0 Å². The third kappa shape index (κ3) is 5.26. The molecule has 5 rings (SSSR count). The van der Waals surface area contributed by atoms with E-state index in [1.807, 2.05) is 0 Å². The Morgan fingerprint density at radius 3 is 2.23 bits per heavy atom. The second-order valence-corrected chi connectivity index (χ2v) is 11.1. The molecular formula is C25H33F3N4O3. The van der Waals surface area contributed by atoms with Crippen molar-refractivity contribution in [1.29, 1.82) is 0 Å². The van der Waals surface area contributed by atoms with Crippen molar-refractivity contribution in [2.24, 2.45) is 17.8 Å². The number of rotatable bonds is 6. The molecule has 1 aromatic rings. The van der Waals surface area contributed by atoms with E-state index in [1.54, 1.807) is 13.8 Å². The Bertz CT molecular complexity index is 1040. The van der Waals surface area contributed by atoms with Gasteiger partial charge in [-0.2, -0.15) is 13.2 Å². The lowest BCUT2D eigenvalue weighted by molar-refractivity contribution is -0.142. The average Bonchev–Trinajstić information content (AvgIpc) is 3.11. The molecule has 4 saturated carbocycles. The molecule has 192 valence electrons. The summed E-state index contributed by atoms with van der Waals surface area (Å²) in [5.74, 6) is -0.385. The number of amides is 3. The third-order valence-electron chi connectivity index (χ3n) is 7.59. The fraction of sp³-hybridized carbons (Fsp3) is 0.640. The van der Waals surface area contributed by atoms with Crippen LogP contribution in [0.2, 0.25) is 0 Å². The van der Waals surface area contributed by atoms with Crippen LogP contribution in [-0.4, -0.2) is 39.4 Å². The first kappa shape index (κ1) is 25.3. The number of carbonyl (C=O) groups excluding carboxylic acids is 3. The number of aromatic nitrogens is 1. The highest BCUT2D eigenvalue weighted by molar-refractivity contribution is 5.96. The largest absolute Gasteiger partial charge is 0.432 e. The van der Waals surface area contributed by atoms with Gasteiger partial charge in [0.05, 0.1) is 11.1 Å². The van der Waals surface area contributed by atoms with Crippen molar-refractivity contribution in [2.75, 3.05) is 0 Å². The van der Waals surface area contributed by atoms with Crippen molar-refractivity contribution in [3.05, 3.63) is 29.6 Å². The number of alkyl halides is 3. The number of hydrogen-bond acceptors (Lipinski definition) is 3. The predicted molar refractivity (Wildman–Crippen MR) is 124 cm³/mol. The summed E-state index contributed by atoms with van der Waals surface area (Å²) in [6, 6.07) is 0.975. The fourth-order valence-corrected chi connectivity index (χ4v) is 6.83. The van der Waals surface area contributed by atoms with Crippen LogP contribution in [0.5, 0.6) is 0 Å². The molecule has 7 nitrogen and oxygen atoms in total. The lowest BCUT2D eigenvalue weighted by Crippen LogP contribution is -2.66. The van der Waals surface area contributed by atoms with Crippen LogP contribution in [-0.2, 0) is 15.8 Å². The molecule has 2 unspecified atom stereocenters. The summed E-state index contributed by atoms with van der Waals surface area (Å²) in [6.45, 7) is 6.16. The van der Waals surface area contributed by atoms with Crippen LogP contribution < -0.4 is 16.0 Å². The van der Waals surface area contributed by atoms with E-state index in [0.29, 0.717) is 5.92 Å². The van der Waals surface area contributed by atoms with E-state index in [1.165, 1.54) is 38.4 Å². The molecule has 4 bridgehead atoms. The summed E-state index contributed by atoms with van der Waals surface area (Å²) in [5.41, 5.74) is -2.60. The summed E-state index contributed by atoms with van der Waals surface area (Å²) in [4.78, 5) is 36.3. The molecule has 0 saturated heterocycles. The first-order valence-electron chi connectivity index (χ1n) is 12.0. The van der Waals surface area contributed by atoms with Crippen LogP contribution in [0.4, 0.5) is 13.2 Å². The molecule has 1 aromatic heterocycles. The predicted octanol–water partition coefficient (Wildman–Crippen LogP) is 3.71. The Labute approximate surface area is 202 Å². The maximum absolute atomic E-state index is 14.0. The van der Waals surface area contributed by atoms with Gasteiger partial charge in [0.15, 0.2) is 0 Å². The first-order chi connectivity index (χ1) is 16.2. The molecule has 4 aliphatic carbocycles. The van der Waals surface area contributed by atoms with E-state index in [-0.39, 0.29) is 35.2 Å². The minimum Gasteiger partial charge on any atom is -0.351 e. The molecule has 4 aliphatic rings. The Morgan fingerprint density at radius 2 is 1.69 bits per heavy atom. The zero-order valence-electron chi connectivity index (χ0n) is 20.5. The van der Waals surface area contributed by atoms with E-state index < -0.39 is 28.9 Å². The van der Waals surface area contributed by atoms with E-state index in [2.05, 4.69) is 16.0 Å². The minimum atomic E-state index is -4.75. The van der Waals surface area contributed by atoms with Crippen molar-refractivity contribution in [1.82, 2.24) is 20.5 Å². The monoisotopic (exact) mass is 494 g/mol. The molecule has 35 heavy (non-hydrogen) atoms. The highest BCUT2D eigenvalue weighted by Gasteiger charge is 2.56. The molecule has 3 amide bonds. The summed E-state index contributed by atoms with van der Waals surface area (Å²) in [5, 5.41) is 8.70. The highest BCUT2D eigenvalue weighted by atomic mass is 19.4. The number of nitrogens with zero attached hydrogens (tertiary/aromatic N) is 1. The van der Waals surface area contributed by atoms with Gasteiger partial charge in [-0.1, -0.05) is 0 Å². The fourth-order valence-electron chi connectivity index (χ4n) is 6.83. The number of hydrogen-bond donors (Lipinski definition) is 3. The van der Waals surface area contributed by atoms with E-state index in [9.17, 15) is 27.6 Å². The van der Waals surface area contributed by atoms with Gasteiger partial charge in [-0.25, -0.2) is 0 Å². The molecule has 0 aliphatic heterocycles. The molecule has 3 N–H and O–H groups in total. The van der Waals surface area contributed by atoms with Gasteiger partial charge < -0.3 is 20.5 Å². The summed E-state index contributed by atoms with van der Waals surface area (Å²) >= 11 is 0. The van der Waals surface area contributed by atoms with Crippen LogP contribution in [0, 0.1) is 17.8 Å². The van der Waals surface area contributed by atoms with Crippen molar-refractivity contribution < 1.29 is 27.6 Å².